The van der Waals surface area contributed by atoms with Gasteiger partial charge in [-0.1, -0.05) is 36.4 Å². The average molecular weight is 289 g/mol. The molecule has 0 amide bonds. The lowest BCUT2D eigenvalue weighted by Crippen LogP contribution is -2.13. The lowest BCUT2D eigenvalue weighted by atomic mass is 10.1. The van der Waals surface area contributed by atoms with Gasteiger partial charge in [-0.05, 0) is 35.7 Å². The molecule has 0 aliphatic carbocycles. The van der Waals surface area contributed by atoms with Gasteiger partial charge < -0.3 is 5.32 Å². The second-order valence-corrected chi connectivity index (χ2v) is 6.96. The van der Waals surface area contributed by atoms with Crippen molar-refractivity contribution < 1.29 is 8.42 Å². The third-order valence-electron chi connectivity index (χ3n) is 3.26. The quantitative estimate of drug-likeness (QED) is 0.920. The first-order valence-corrected chi connectivity index (χ1v) is 8.40. The van der Waals surface area contributed by atoms with Crippen LogP contribution in [-0.4, -0.2) is 14.7 Å². The number of benzene rings is 2. The molecule has 0 spiro atoms. The van der Waals surface area contributed by atoms with E-state index in [1.165, 1.54) is 17.4 Å². The summed E-state index contributed by atoms with van der Waals surface area (Å²) in [6, 6.07) is 15.3. The molecular formula is C16H19NO2S. The van der Waals surface area contributed by atoms with Crippen LogP contribution in [0.3, 0.4) is 0 Å². The van der Waals surface area contributed by atoms with E-state index in [1.807, 2.05) is 24.3 Å². The minimum Gasteiger partial charge on any atom is -0.309 e. The molecule has 106 valence electrons. The van der Waals surface area contributed by atoms with E-state index in [2.05, 4.69) is 24.4 Å². The number of sulfone groups is 1. The first kappa shape index (κ1) is 14.8. The van der Waals surface area contributed by atoms with Crippen LogP contribution in [0.5, 0.6) is 0 Å². The van der Waals surface area contributed by atoms with E-state index in [9.17, 15) is 8.42 Å². The van der Waals surface area contributed by atoms with Crippen LogP contribution >= 0.6 is 0 Å². The Kier molecular flexibility index (Phi) is 4.57. The monoisotopic (exact) mass is 289 g/mol. The minimum absolute atomic E-state index is 0.361. The molecule has 0 saturated carbocycles. The fourth-order valence-corrected chi connectivity index (χ4v) is 2.63. The summed E-state index contributed by atoms with van der Waals surface area (Å²) >= 11 is 0. The van der Waals surface area contributed by atoms with Gasteiger partial charge >= 0.3 is 0 Å². The van der Waals surface area contributed by atoms with E-state index < -0.39 is 9.84 Å². The second-order valence-electron chi connectivity index (χ2n) is 4.95. The zero-order chi connectivity index (χ0) is 14.6. The molecule has 0 aromatic heterocycles. The molecule has 3 nitrogen and oxygen atoms in total. The SMILES string of the molecule is Cc1ccccc1CNCc1ccc(S(C)(=O)=O)cc1. The summed E-state index contributed by atoms with van der Waals surface area (Å²) in [6.45, 7) is 3.62. The molecule has 0 radical (unpaired) electrons. The Hall–Kier alpha value is -1.65. The highest BCUT2D eigenvalue weighted by molar-refractivity contribution is 7.90. The zero-order valence-electron chi connectivity index (χ0n) is 11.8. The van der Waals surface area contributed by atoms with Crippen molar-refractivity contribution in [2.75, 3.05) is 6.26 Å². The molecule has 0 atom stereocenters. The maximum Gasteiger partial charge on any atom is 0.175 e. The lowest BCUT2D eigenvalue weighted by Gasteiger charge is -2.08. The van der Waals surface area contributed by atoms with Gasteiger partial charge in [-0.3, -0.25) is 0 Å². The van der Waals surface area contributed by atoms with Crippen LogP contribution in [0.1, 0.15) is 16.7 Å². The van der Waals surface area contributed by atoms with E-state index in [4.69, 9.17) is 0 Å². The first-order chi connectivity index (χ1) is 9.47. The summed E-state index contributed by atoms with van der Waals surface area (Å²) in [6.07, 6.45) is 1.22. The average Bonchev–Trinajstić information content (AvgIpc) is 2.40. The van der Waals surface area contributed by atoms with Gasteiger partial charge in [-0.15, -0.1) is 0 Å². The Morgan fingerprint density at radius 1 is 0.950 bits per heavy atom. The van der Waals surface area contributed by atoms with Crippen LogP contribution in [0.4, 0.5) is 0 Å². The standard InChI is InChI=1S/C16H19NO2S/c1-13-5-3-4-6-15(13)12-17-11-14-7-9-16(10-8-14)20(2,18)19/h3-10,17H,11-12H2,1-2H3. The molecule has 4 heteroatoms. The van der Waals surface area contributed by atoms with E-state index in [1.54, 1.807) is 12.1 Å². The molecule has 0 fully saturated rings. The molecular weight excluding hydrogens is 270 g/mol. The van der Waals surface area contributed by atoms with Crippen molar-refractivity contribution in [2.45, 2.75) is 24.9 Å². The smallest absolute Gasteiger partial charge is 0.175 e. The van der Waals surface area contributed by atoms with Crippen molar-refractivity contribution in [3.8, 4) is 0 Å². The molecule has 0 heterocycles. The number of hydrogen-bond donors (Lipinski definition) is 1. The van der Waals surface area contributed by atoms with E-state index >= 15 is 0 Å². The zero-order valence-corrected chi connectivity index (χ0v) is 12.6. The topological polar surface area (TPSA) is 46.2 Å². The van der Waals surface area contributed by atoms with Crippen LogP contribution in [0.2, 0.25) is 0 Å². The van der Waals surface area contributed by atoms with E-state index in [0.717, 1.165) is 18.7 Å². The van der Waals surface area contributed by atoms with Crippen molar-refractivity contribution in [1.29, 1.82) is 0 Å². The molecule has 0 unspecified atom stereocenters. The van der Waals surface area contributed by atoms with Gasteiger partial charge in [0, 0.05) is 19.3 Å². The fraction of sp³-hybridized carbons (Fsp3) is 0.250. The highest BCUT2D eigenvalue weighted by Gasteiger charge is 2.05. The Morgan fingerprint density at radius 3 is 2.20 bits per heavy atom. The van der Waals surface area contributed by atoms with Crippen LogP contribution < -0.4 is 5.32 Å². The van der Waals surface area contributed by atoms with E-state index in [-0.39, 0.29) is 0 Å². The van der Waals surface area contributed by atoms with Gasteiger partial charge in [-0.2, -0.15) is 0 Å². The third kappa shape index (κ3) is 3.92. The number of aryl methyl sites for hydroxylation is 1. The number of rotatable bonds is 5. The maximum atomic E-state index is 11.4. The minimum atomic E-state index is -3.11. The fourth-order valence-electron chi connectivity index (χ4n) is 2.00. The van der Waals surface area contributed by atoms with Crippen LogP contribution in [0, 0.1) is 6.92 Å². The lowest BCUT2D eigenvalue weighted by molar-refractivity contribution is 0.602. The van der Waals surface area contributed by atoms with Crippen LogP contribution in [0.15, 0.2) is 53.4 Å². The van der Waals surface area contributed by atoms with Crippen LogP contribution in [-0.2, 0) is 22.9 Å². The predicted molar refractivity (Wildman–Crippen MR) is 81.3 cm³/mol. The van der Waals surface area contributed by atoms with Crippen LogP contribution in [0.25, 0.3) is 0 Å². The molecule has 0 aliphatic rings. The Morgan fingerprint density at radius 2 is 1.60 bits per heavy atom. The normalized spacial score (nSPS) is 11.5. The Balaban J connectivity index is 1.94. The molecule has 2 rings (SSSR count). The first-order valence-electron chi connectivity index (χ1n) is 6.51. The molecule has 2 aromatic carbocycles. The summed E-state index contributed by atoms with van der Waals surface area (Å²) in [4.78, 5) is 0.361. The van der Waals surface area contributed by atoms with Crippen molar-refractivity contribution >= 4 is 9.84 Å². The molecule has 0 bridgehead atoms. The van der Waals surface area contributed by atoms with Gasteiger partial charge in [0.15, 0.2) is 9.84 Å². The van der Waals surface area contributed by atoms with Crippen molar-refractivity contribution in [3.63, 3.8) is 0 Å². The summed E-state index contributed by atoms with van der Waals surface area (Å²) < 4.78 is 22.7. The van der Waals surface area contributed by atoms with E-state index in [0.29, 0.717) is 4.90 Å². The predicted octanol–water partition coefficient (Wildman–Crippen LogP) is 2.69. The number of hydrogen-bond acceptors (Lipinski definition) is 3. The van der Waals surface area contributed by atoms with Gasteiger partial charge in [-0.25, -0.2) is 8.42 Å². The Bertz CT molecular complexity index is 676. The van der Waals surface area contributed by atoms with Gasteiger partial charge in [0.25, 0.3) is 0 Å². The van der Waals surface area contributed by atoms with Crippen molar-refractivity contribution in [3.05, 3.63) is 65.2 Å². The molecule has 0 saturated heterocycles. The van der Waals surface area contributed by atoms with Gasteiger partial charge in [0.05, 0.1) is 4.90 Å². The highest BCUT2D eigenvalue weighted by atomic mass is 32.2. The summed E-state index contributed by atoms with van der Waals surface area (Å²) in [5.41, 5.74) is 3.62. The molecule has 20 heavy (non-hydrogen) atoms. The largest absolute Gasteiger partial charge is 0.309 e. The van der Waals surface area contributed by atoms with Gasteiger partial charge in [0.2, 0.25) is 0 Å². The molecule has 0 aliphatic heterocycles. The Labute approximate surface area is 120 Å². The number of nitrogens with one attached hydrogen (secondary N) is 1. The third-order valence-corrected chi connectivity index (χ3v) is 4.39. The van der Waals surface area contributed by atoms with Crippen molar-refractivity contribution in [1.82, 2.24) is 5.32 Å². The summed E-state index contributed by atoms with van der Waals surface area (Å²) in [5, 5.41) is 3.37. The molecule has 1 N–H and O–H groups in total. The maximum absolute atomic E-state index is 11.4. The highest BCUT2D eigenvalue weighted by Crippen LogP contribution is 2.11. The summed E-state index contributed by atoms with van der Waals surface area (Å²) in [5.74, 6) is 0. The van der Waals surface area contributed by atoms with Crippen molar-refractivity contribution in [2.24, 2.45) is 0 Å². The summed E-state index contributed by atoms with van der Waals surface area (Å²) in [7, 11) is -3.11. The molecule has 2 aromatic rings. The van der Waals surface area contributed by atoms with Gasteiger partial charge in [0.1, 0.15) is 0 Å². The second kappa shape index (κ2) is 6.20.